The van der Waals surface area contributed by atoms with E-state index in [1.165, 1.54) is 0 Å². The fraction of sp³-hybridized carbons (Fsp3) is 0.444. The van der Waals surface area contributed by atoms with E-state index in [1.54, 1.807) is 0 Å². The van der Waals surface area contributed by atoms with Crippen molar-refractivity contribution in [2.75, 3.05) is 0 Å². The van der Waals surface area contributed by atoms with Crippen molar-refractivity contribution in [2.24, 2.45) is 0 Å². The van der Waals surface area contributed by atoms with Gasteiger partial charge in [-0.15, -0.1) is 0 Å². The SMILES string of the molecule is O=C(O)C(F)=C(F)C1(F)C(F)=C(F)C(F)C(F)(F)C1(F)F. The van der Waals surface area contributed by atoms with E-state index in [4.69, 9.17) is 5.11 Å². The Morgan fingerprint density at radius 2 is 1.48 bits per heavy atom. The number of carboxylic acids is 1. The Bertz CT molecular complexity index is 551. The van der Waals surface area contributed by atoms with Gasteiger partial charge in [-0.1, -0.05) is 0 Å². The maximum absolute atomic E-state index is 13.7. The number of hydrogen-bond donors (Lipinski definition) is 1. The third-order valence-electron chi connectivity index (χ3n) is 2.59. The van der Waals surface area contributed by atoms with Crippen LogP contribution in [-0.4, -0.2) is 34.8 Å². The van der Waals surface area contributed by atoms with Crippen molar-refractivity contribution in [2.45, 2.75) is 23.7 Å². The van der Waals surface area contributed by atoms with E-state index >= 15 is 0 Å². The van der Waals surface area contributed by atoms with Gasteiger partial charge >= 0.3 is 17.8 Å². The van der Waals surface area contributed by atoms with Gasteiger partial charge in [0.05, 0.1) is 0 Å². The Labute approximate surface area is 108 Å². The second kappa shape index (κ2) is 4.63. The highest BCUT2D eigenvalue weighted by Crippen LogP contribution is 2.60. The van der Waals surface area contributed by atoms with Crippen LogP contribution in [-0.2, 0) is 4.79 Å². The standard InChI is InChI=1S/C9H2F10O2/c10-1-3(12)7(15,4(13)2(11)6(20)21)9(18,19)8(16,17)5(1)14/h5H,(H,20,21). The lowest BCUT2D eigenvalue weighted by atomic mass is 9.81. The van der Waals surface area contributed by atoms with Gasteiger partial charge < -0.3 is 5.11 Å². The first-order chi connectivity index (χ1) is 9.24. The summed E-state index contributed by atoms with van der Waals surface area (Å²) in [7, 11) is 0. The molecule has 1 rings (SSSR count). The van der Waals surface area contributed by atoms with Crippen molar-refractivity contribution in [1.82, 2.24) is 0 Å². The molecule has 0 bridgehead atoms. The highest BCUT2D eigenvalue weighted by atomic mass is 19.3. The minimum absolute atomic E-state index is 3.06. The van der Waals surface area contributed by atoms with Gasteiger partial charge in [0.2, 0.25) is 12.0 Å². The zero-order valence-corrected chi connectivity index (χ0v) is 9.21. The van der Waals surface area contributed by atoms with Gasteiger partial charge in [-0.05, 0) is 0 Å². The fourth-order valence-electron chi connectivity index (χ4n) is 1.44. The van der Waals surface area contributed by atoms with Gasteiger partial charge in [-0.2, -0.15) is 22.0 Å². The van der Waals surface area contributed by atoms with Crippen LogP contribution in [0.1, 0.15) is 0 Å². The molecule has 12 heteroatoms. The number of allylic oxidation sites excluding steroid dienone is 3. The summed E-state index contributed by atoms with van der Waals surface area (Å²) in [6, 6.07) is 0. The highest BCUT2D eigenvalue weighted by molar-refractivity contribution is 5.85. The first-order valence-electron chi connectivity index (χ1n) is 4.67. The molecule has 0 saturated carbocycles. The smallest absolute Gasteiger partial charge is 0.367 e. The van der Waals surface area contributed by atoms with Crippen LogP contribution in [0.5, 0.6) is 0 Å². The third-order valence-corrected chi connectivity index (χ3v) is 2.59. The van der Waals surface area contributed by atoms with Crippen molar-refractivity contribution in [3.63, 3.8) is 0 Å². The molecule has 0 aromatic rings. The molecule has 0 radical (unpaired) electrons. The lowest BCUT2D eigenvalue weighted by Crippen LogP contribution is -2.64. The lowest BCUT2D eigenvalue weighted by Gasteiger charge is -2.40. The number of alkyl halides is 6. The van der Waals surface area contributed by atoms with Crippen LogP contribution in [0.2, 0.25) is 0 Å². The minimum Gasteiger partial charge on any atom is -0.476 e. The molecule has 1 aliphatic carbocycles. The van der Waals surface area contributed by atoms with Gasteiger partial charge in [0.25, 0.3) is 5.67 Å². The molecule has 1 N–H and O–H groups in total. The van der Waals surface area contributed by atoms with Crippen LogP contribution in [0.25, 0.3) is 0 Å². The zero-order chi connectivity index (χ0) is 17.0. The Morgan fingerprint density at radius 3 is 1.86 bits per heavy atom. The van der Waals surface area contributed by atoms with E-state index in [1.807, 2.05) is 0 Å². The molecule has 0 aliphatic heterocycles. The molecule has 0 saturated heterocycles. The Balaban J connectivity index is 3.81. The van der Waals surface area contributed by atoms with Crippen LogP contribution < -0.4 is 0 Å². The summed E-state index contributed by atoms with van der Waals surface area (Å²) in [5, 5.41) is 7.92. The average molecular weight is 332 g/mol. The van der Waals surface area contributed by atoms with Crippen LogP contribution in [0.15, 0.2) is 23.3 Å². The Morgan fingerprint density at radius 1 is 1.05 bits per heavy atom. The summed E-state index contributed by atoms with van der Waals surface area (Å²) >= 11 is 0. The predicted octanol–water partition coefficient (Wildman–Crippen LogP) is 3.70. The molecule has 0 spiro atoms. The van der Waals surface area contributed by atoms with E-state index in [0.717, 1.165) is 0 Å². The molecular weight excluding hydrogens is 330 g/mol. The van der Waals surface area contributed by atoms with Gasteiger partial charge in [0, 0.05) is 0 Å². The summed E-state index contributed by atoms with van der Waals surface area (Å²) in [5.41, 5.74) is -6.15. The molecule has 0 heterocycles. The van der Waals surface area contributed by atoms with Crippen molar-refractivity contribution >= 4 is 5.97 Å². The quantitative estimate of drug-likeness (QED) is 0.618. The number of halogens is 10. The Hall–Kier alpha value is -1.75. The van der Waals surface area contributed by atoms with Gasteiger partial charge in [0.1, 0.15) is 0 Å². The second-order valence-corrected chi connectivity index (χ2v) is 3.81. The van der Waals surface area contributed by atoms with Crippen LogP contribution >= 0.6 is 0 Å². The van der Waals surface area contributed by atoms with Crippen LogP contribution in [0, 0.1) is 0 Å². The van der Waals surface area contributed by atoms with E-state index in [2.05, 4.69) is 0 Å². The number of carboxylic acid groups (broad SMARTS) is 1. The molecule has 0 fully saturated rings. The zero-order valence-electron chi connectivity index (χ0n) is 9.21. The first kappa shape index (κ1) is 17.3. The summed E-state index contributed by atoms with van der Waals surface area (Å²) in [4.78, 5) is 9.97. The highest BCUT2D eigenvalue weighted by Gasteiger charge is 2.82. The van der Waals surface area contributed by atoms with E-state index in [-0.39, 0.29) is 0 Å². The largest absolute Gasteiger partial charge is 0.476 e. The van der Waals surface area contributed by atoms with Crippen molar-refractivity contribution < 1.29 is 53.8 Å². The molecule has 2 atom stereocenters. The third kappa shape index (κ3) is 1.91. The normalized spacial score (nSPS) is 32.8. The van der Waals surface area contributed by atoms with Crippen LogP contribution in [0.4, 0.5) is 43.9 Å². The van der Waals surface area contributed by atoms with Crippen molar-refractivity contribution in [3.8, 4) is 0 Å². The average Bonchev–Trinajstić information content (AvgIpc) is 2.40. The predicted molar refractivity (Wildman–Crippen MR) is 44.7 cm³/mol. The first-order valence-corrected chi connectivity index (χ1v) is 4.67. The van der Waals surface area contributed by atoms with E-state index < -0.39 is 53.0 Å². The lowest BCUT2D eigenvalue weighted by molar-refractivity contribution is -0.289. The summed E-state index contributed by atoms with van der Waals surface area (Å²) < 4.78 is 130. The number of rotatable bonds is 2. The van der Waals surface area contributed by atoms with Crippen LogP contribution in [0.3, 0.4) is 0 Å². The molecule has 0 aromatic heterocycles. The van der Waals surface area contributed by atoms with Gasteiger partial charge in [-0.25, -0.2) is 26.7 Å². The van der Waals surface area contributed by atoms with Crippen molar-refractivity contribution in [3.05, 3.63) is 23.3 Å². The summed E-state index contributed by atoms with van der Waals surface area (Å²) in [5.74, 6) is -30.4. The van der Waals surface area contributed by atoms with E-state index in [0.29, 0.717) is 0 Å². The van der Waals surface area contributed by atoms with Crippen molar-refractivity contribution in [1.29, 1.82) is 0 Å². The molecule has 1 aliphatic rings. The molecule has 0 aromatic carbocycles. The Kier molecular flexibility index (Phi) is 3.81. The molecule has 0 amide bonds. The topological polar surface area (TPSA) is 37.3 Å². The molecule has 21 heavy (non-hydrogen) atoms. The molecule has 120 valence electrons. The number of carbonyl (C=O) groups is 1. The van der Waals surface area contributed by atoms with Gasteiger partial charge in [0.15, 0.2) is 17.5 Å². The maximum atomic E-state index is 13.7. The number of hydrogen-bond acceptors (Lipinski definition) is 1. The van der Waals surface area contributed by atoms with Gasteiger partial charge in [-0.3, -0.25) is 0 Å². The summed E-state index contributed by atoms with van der Waals surface area (Å²) in [6.45, 7) is 0. The molecular formula is C9H2F10O2. The molecule has 2 unspecified atom stereocenters. The maximum Gasteiger partial charge on any atom is 0.367 e. The van der Waals surface area contributed by atoms with E-state index in [9.17, 15) is 48.7 Å². The minimum atomic E-state index is -6.64. The molecule has 2 nitrogen and oxygen atoms in total. The summed E-state index contributed by atoms with van der Waals surface area (Å²) in [6.07, 6.45) is -4.67. The second-order valence-electron chi connectivity index (χ2n) is 3.81. The monoisotopic (exact) mass is 332 g/mol. The fourth-order valence-corrected chi connectivity index (χ4v) is 1.44. The number of aliphatic carboxylic acids is 1.